The monoisotopic (exact) mass is 287 g/mol. The average molecular weight is 287 g/mol. The molecule has 0 aliphatic carbocycles. The Bertz CT molecular complexity index is 587. The van der Waals surface area contributed by atoms with E-state index in [0.29, 0.717) is 5.95 Å². The fraction of sp³-hybridized carbons (Fsp3) is 0.357. The van der Waals surface area contributed by atoms with Crippen molar-refractivity contribution in [2.75, 3.05) is 43.6 Å². The van der Waals surface area contributed by atoms with Crippen molar-refractivity contribution in [3.8, 4) is 5.75 Å². The molecule has 0 saturated carbocycles. The van der Waals surface area contributed by atoms with Gasteiger partial charge in [-0.2, -0.15) is 0 Å². The van der Waals surface area contributed by atoms with Gasteiger partial charge < -0.3 is 19.7 Å². The Morgan fingerprint density at radius 1 is 1.19 bits per heavy atom. The van der Waals surface area contributed by atoms with Gasteiger partial charge in [0.15, 0.2) is 0 Å². The van der Waals surface area contributed by atoms with Crippen molar-refractivity contribution in [1.82, 2.24) is 15.0 Å². The fourth-order valence-electron chi connectivity index (χ4n) is 2.23. The summed E-state index contributed by atoms with van der Waals surface area (Å²) < 4.78 is 10.8. The first-order valence-electron chi connectivity index (χ1n) is 6.76. The lowest BCUT2D eigenvalue weighted by molar-refractivity contribution is 0.122. The topological polar surface area (TPSA) is 72.4 Å². The van der Waals surface area contributed by atoms with Crippen LogP contribution in [-0.4, -0.2) is 48.4 Å². The number of nitrogens with one attached hydrogen (secondary N) is 1. The lowest BCUT2D eigenvalue weighted by atomic mass is 10.2. The lowest BCUT2D eigenvalue weighted by Gasteiger charge is -2.29. The summed E-state index contributed by atoms with van der Waals surface area (Å²) in [6.07, 6.45) is 2.90. The van der Waals surface area contributed by atoms with Gasteiger partial charge in [0, 0.05) is 24.8 Å². The Hall–Kier alpha value is -2.41. The van der Waals surface area contributed by atoms with Crippen LogP contribution in [0, 0.1) is 0 Å². The Kier molecular flexibility index (Phi) is 4.11. The molecule has 110 valence electrons. The molecule has 1 aromatic carbocycles. The molecule has 7 heteroatoms. The van der Waals surface area contributed by atoms with Crippen LogP contribution >= 0.6 is 0 Å². The summed E-state index contributed by atoms with van der Waals surface area (Å²) in [5.41, 5.74) is 1.94. The van der Waals surface area contributed by atoms with Crippen LogP contribution in [0.3, 0.4) is 0 Å². The zero-order valence-electron chi connectivity index (χ0n) is 11.8. The minimum absolute atomic E-state index is 0.488. The number of benzene rings is 1. The third-order valence-corrected chi connectivity index (χ3v) is 3.30. The van der Waals surface area contributed by atoms with Gasteiger partial charge in [0.05, 0.1) is 26.0 Å². The average Bonchev–Trinajstić information content (AvgIpc) is 2.57. The number of ether oxygens (including phenoxy) is 2. The van der Waals surface area contributed by atoms with Crippen LogP contribution in [0.25, 0.3) is 0 Å². The summed E-state index contributed by atoms with van der Waals surface area (Å²) >= 11 is 0. The van der Waals surface area contributed by atoms with Crippen LogP contribution in [0.2, 0.25) is 0 Å². The van der Waals surface area contributed by atoms with Crippen molar-refractivity contribution < 1.29 is 9.47 Å². The molecule has 7 nitrogen and oxygen atoms in total. The number of hydrogen-bond donors (Lipinski definition) is 1. The molecule has 1 aliphatic rings. The summed E-state index contributed by atoms with van der Waals surface area (Å²) in [5.74, 6) is 1.24. The Morgan fingerprint density at radius 2 is 1.95 bits per heavy atom. The van der Waals surface area contributed by atoms with Crippen molar-refractivity contribution in [2.24, 2.45) is 0 Å². The first-order valence-corrected chi connectivity index (χ1v) is 6.76. The van der Waals surface area contributed by atoms with E-state index in [0.717, 1.165) is 43.4 Å². The molecule has 1 aliphatic heterocycles. The van der Waals surface area contributed by atoms with E-state index >= 15 is 0 Å². The molecule has 0 atom stereocenters. The lowest BCUT2D eigenvalue weighted by Crippen LogP contribution is -2.36. The third-order valence-electron chi connectivity index (χ3n) is 3.30. The normalized spacial score (nSPS) is 14.8. The molecule has 2 aromatic rings. The van der Waals surface area contributed by atoms with Gasteiger partial charge in [-0.15, -0.1) is 0 Å². The second-order valence-electron chi connectivity index (χ2n) is 4.57. The molecule has 1 N–H and O–H groups in total. The highest BCUT2D eigenvalue weighted by Gasteiger charge is 2.13. The fourth-order valence-corrected chi connectivity index (χ4v) is 2.23. The number of hydrogen-bond acceptors (Lipinski definition) is 7. The first kappa shape index (κ1) is 13.6. The van der Waals surface area contributed by atoms with Crippen LogP contribution in [-0.2, 0) is 4.74 Å². The van der Waals surface area contributed by atoms with Crippen LogP contribution in [0.4, 0.5) is 17.3 Å². The van der Waals surface area contributed by atoms with Gasteiger partial charge >= 0.3 is 0 Å². The second-order valence-corrected chi connectivity index (χ2v) is 4.57. The molecule has 1 fully saturated rings. The molecule has 0 amide bonds. The van der Waals surface area contributed by atoms with Crippen LogP contribution in [0.5, 0.6) is 5.75 Å². The quantitative estimate of drug-likeness (QED) is 0.912. The van der Waals surface area contributed by atoms with Gasteiger partial charge in [0.25, 0.3) is 0 Å². The molecule has 0 spiro atoms. The maximum Gasteiger partial charge on any atom is 0.230 e. The predicted molar refractivity (Wildman–Crippen MR) is 79.1 cm³/mol. The number of nitrogens with zero attached hydrogens (tertiary/aromatic N) is 4. The maximum absolute atomic E-state index is 5.46. The molecule has 0 radical (unpaired) electrons. The van der Waals surface area contributed by atoms with Crippen LogP contribution in [0.1, 0.15) is 0 Å². The molecule has 0 unspecified atom stereocenters. The van der Waals surface area contributed by atoms with E-state index in [9.17, 15) is 0 Å². The molecule has 3 rings (SSSR count). The van der Waals surface area contributed by atoms with Gasteiger partial charge in [-0.25, -0.2) is 15.0 Å². The van der Waals surface area contributed by atoms with Crippen molar-refractivity contribution >= 4 is 17.3 Å². The highest BCUT2D eigenvalue weighted by atomic mass is 16.5. The van der Waals surface area contributed by atoms with E-state index in [2.05, 4.69) is 31.2 Å². The summed E-state index contributed by atoms with van der Waals surface area (Å²) in [4.78, 5) is 14.2. The van der Waals surface area contributed by atoms with Gasteiger partial charge in [0.2, 0.25) is 5.95 Å². The zero-order chi connectivity index (χ0) is 14.5. The summed E-state index contributed by atoms with van der Waals surface area (Å²) in [6.45, 7) is 3.30. The second kappa shape index (κ2) is 6.36. The molecule has 1 aromatic heterocycles. The highest BCUT2D eigenvalue weighted by Crippen LogP contribution is 2.31. The number of morpholine rings is 1. The van der Waals surface area contributed by atoms with Gasteiger partial charge in [0.1, 0.15) is 18.4 Å². The standard InChI is InChI=1S/C14H17N5O2/c1-20-13-8-11(19-4-6-21-7-5-19)2-3-12(13)18-14-16-9-15-10-17-14/h2-3,8-10H,4-7H2,1H3,(H,15,16,17,18). The van der Waals surface area contributed by atoms with Crippen LogP contribution < -0.4 is 15.0 Å². The highest BCUT2D eigenvalue weighted by molar-refractivity contribution is 5.68. The molecular formula is C14H17N5O2. The van der Waals surface area contributed by atoms with E-state index < -0.39 is 0 Å². The Morgan fingerprint density at radius 3 is 2.67 bits per heavy atom. The third kappa shape index (κ3) is 3.19. The summed E-state index contributed by atoms with van der Waals surface area (Å²) in [5, 5.41) is 3.12. The number of methoxy groups -OCH3 is 1. The Balaban J connectivity index is 1.81. The van der Waals surface area contributed by atoms with Crippen molar-refractivity contribution in [1.29, 1.82) is 0 Å². The largest absolute Gasteiger partial charge is 0.494 e. The maximum atomic E-state index is 5.46. The minimum atomic E-state index is 0.488. The first-order chi connectivity index (χ1) is 10.4. The minimum Gasteiger partial charge on any atom is -0.494 e. The molecular weight excluding hydrogens is 270 g/mol. The predicted octanol–water partition coefficient (Wildman–Crippen LogP) is 1.46. The molecule has 1 saturated heterocycles. The zero-order valence-corrected chi connectivity index (χ0v) is 11.8. The van der Waals surface area contributed by atoms with Crippen molar-refractivity contribution in [3.05, 3.63) is 30.9 Å². The molecule has 0 bridgehead atoms. The van der Waals surface area contributed by atoms with Gasteiger partial charge in [-0.3, -0.25) is 0 Å². The van der Waals surface area contributed by atoms with E-state index in [-0.39, 0.29) is 0 Å². The van der Waals surface area contributed by atoms with Crippen molar-refractivity contribution in [3.63, 3.8) is 0 Å². The van der Waals surface area contributed by atoms with E-state index in [4.69, 9.17) is 9.47 Å². The number of aromatic nitrogens is 3. The van der Waals surface area contributed by atoms with Crippen molar-refractivity contribution in [2.45, 2.75) is 0 Å². The number of rotatable bonds is 4. The van der Waals surface area contributed by atoms with Gasteiger partial charge in [-0.05, 0) is 12.1 Å². The van der Waals surface area contributed by atoms with E-state index in [1.165, 1.54) is 12.7 Å². The molecule has 21 heavy (non-hydrogen) atoms. The Labute approximate surface area is 123 Å². The smallest absolute Gasteiger partial charge is 0.230 e. The van der Waals surface area contributed by atoms with E-state index in [1.807, 2.05) is 12.1 Å². The van der Waals surface area contributed by atoms with E-state index in [1.54, 1.807) is 7.11 Å². The summed E-state index contributed by atoms with van der Waals surface area (Å²) in [7, 11) is 1.65. The van der Waals surface area contributed by atoms with Gasteiger partial charge in [-0.1, -0.05) is 0 Å². The number of anilines is 3. The summed E-state index contributed by atoms with van der Waals surface area (Å²) in [6, 6.07) is 6.03. The molecule has 2 heterocycles. The van der Waals surface area contributed by atoms with Crippen LogP contribution in [0.15, 0.2) is 30.9 Å². The SMILES string of the molecule is COc1cc(N2CCOCC2)ccc1Nc1ncncn1.